The van der Waals surface area contributed by atoms with Gasteiger partial charge < -0.3 is 10.4 Å². The van der Waals surface area contributed by atoms with Gasteiger partial charge in [-0.2, -0.15) is 0 Å². The number of hydrogen-bond donors (Lipinski definition) is 2. The Kier molecular flexibility index (Phi) is 2.74. The highest BCUT2D eigenvalue weighted by molar-refractivity contribution is 5.87. The fourth-order valence-electron chi connectivity index (χ4n) is 3.53. The summed E-state index contributed by atoms with van der Waals surface area (Å²) in [6.45, 7) is 1.88. The van der Waals surface area contributed by atoms with Gasteiger partial charge >= 0.3 is 0 Å². The molecule has 2 aliphatic rings. The number of phenolic OH excluding ortho intramolecular Hbond substituents is 1. The number of phenols is 1. The van der Waals surface area contributed by atoms with Crippen LogP contribution in [-0.4, -0.2) is 11.7 Å². The molecule has 0 heterocycles. The first-order chi connectivity index (χ1) is 9.78. The first-order valence-electron chi connectivity index (χ1n) is 7.69. The minimum absolute atomic E-state index is 0.410. The lowest BCUT2D eigenvalue weighted by atomic mass is 10.00. The SMILES string of the molecule is Oc1ccc2ccccc2c1CNCC1(C2CC2)CC1. The zero-order valence-corrected chi connectivity index (χ0v) is 11.7. The summed E-state index contributed by atoms with van der Waals surface area (Å²) in [4.78, 5) is 0. The molecular formula is C18H21NO. The Labute approximate surface area is 119 Å². The van der Waals surface area contributed by atoms with Gasteiger partial charge in [-0.25, -0.2) is 0 Å². The Morgan fingerprint density at radius 3 is 2.65 bits per heavy atom. The molecule has 2 nitrogen and oxygen atoms in total. The molecule has 4 rings (SSSR count). The summed E-state index contributed by atoms with van der Waals surface area (Å²) in [5.41, 5.74) is 1.65. The second-order valence-corrected chi connectivity index (χ2v) is 6.52. The van der Waals surface area contributed by atoms with Gasteiger partial charge in [0.1, 0.15) is 5.75 Å². The number of hydrogen-bond acceptors (Lipinski definition) is 2. The molecule has 0 unspecified atom stereocenters. The van der Waals surface area contributed by atoms with Crippen LogP contribution >= 0.6 is 0 Å². The van der Waals surface area contributed by atoms with Crippen LogP contribution in [0.5, 0.6) is 5.75 Å². The number of fused-ring (bicyclic) bond motifs is 1. The highest BCUT2D eigenvalue weighted by Crippen LogP contribution is 2.60. The zero-order chi connectivity index (χ0) is 13.6. The number of rotatable bonds is 5. The lowest BCUT2D eigenvalue weighted by molar-refractivity contribution is 0.400. The highest BCUT2D eigenvalue weighted by atomic mass is 16.3. The van der Waals surface area contributed by atoms with Gasteiger partial charge in [0, 0.05) is 18.7 Å². The Balaban J connectivity index is 1.52. The fraction of sp³-hybridized carbons (Fsp3) is 0.444. The number of benzene rings is 2. The van der Waals surface area contributed by atoms with E-state index < -0.39 is 0 Å². The molecule has 0 bridgehead atoms. The van der Waals surface area contributed by atoms with Crippen molar-refractivity contribution in [3.05, 3.63) is 42.0 Å². The monoisotopic (exact) mass is 267 g/mol. The van der Waals surface area contributed by atoms with Crippen LogP contribution in [0.4, 0.5) is 0 Å². The van der Waals surface area contributed by atoms with Crippen molar-refractivity contribution in [1.82, 2.24) is 5.32 Å². The summed E-state index contributed by atoms with van der Waals surface area (Å²) in [5.74, 6) is 1.39. The third-order valence-electron chi connectivity index (χ3n) is 5.13. The lowest BCUT2D eigenvalue weighted by Crippen LogP contribution is -2.25. The van der Waals surface area contributed by atoms with Crippen LogP contribution < -0.4 is 5.32 Å². The van der Waals surface area contributed by atoms with Gasteiger partial charge in [-0.3, -0.25) is 0 Å². The molecule has 2 fully saturated rings. The molecule has 2 N–H and O–H groups in total. The van der Waals surface area contributed by atoms with Crippen molar-refractivity contribution in [2.75, 3.05) is 6.54 Å². The predicted octanol–water partition coefficient (Wildman–Crippen LogP) is 3.83. The summed E-state index contributed by atoms with van der Waals surface area (Å²) in [6.07, 6.45) is 5.65. The summed E-state index contributed by atoms with van der Waals surface area (Å²) in [7, 11) is 0. The molecule has 2 aromatic rings. The Morgan fingerprint density at radius 2 is 1.90 bits per heavy atom. The van der Waals surface area contributed by atoms with Crippen molar-refractivity contribution >= 4 is 10.8 Å². The van der Waals surface area contributed by atoms with E-state index in [2.05, 4.69) is 17.4 Å². The van der Waals surface area contributed by atoms with Crippen LogP contribution in [0.2, 0.25) is 0 Å². The van der Waals surface area contributed by atoms with E-state index in [9.17, 15) is 5.11 Å². The van der Waals surface area contributed by atoms with Gasteiger partial charge in [0.2, 0.25) is 0 Å². The third-order valence-corrected chi connectivity index (χ3v) is 5.13. The molecule has 2 aromatic carbocycles. The maximum Gasteiger partial charge on any atom is 0.120 e. The van der Waals surface area contributed by atoms with Crippen molar-refractivity contribution in [1.29, 1.82) is 0 Å². The van der Waals surface area contributed by atoms with Gasteiger partial charge in [0.05, 0.1) is 0 Å². The fourth-order valence-corrected chi connectivity index (χ4v) is 3.53. The van der Waals surface area contributed by atoms with Gasteiger partial charge in [0.25, 0.3) is 0 Å². The van der Waals surface area contributed by atoms with Gasteiger partial charge in [-0.1, -0.05) is 30.3 Å². The van der Waals surface area contributed by atoms with Crippen LogP contribution in [0.15, 0.2) is 36.4 Å². The van der Waals surface area contributed by atoms with Crippen LogP contribution in [0.1, 0.15) is 31.2 Å². The van der Waals surface area contributed by atoms with E-state index in [-0.39, 0.29) is 0 Å². The molecule has 0 spiro atoms. The largest absolute Gasteiger partial charge is 0.508 e. The molecule has 2 heteroatoms. The summed E-state index contributed by atoms with van der Waals surface area (Å²) in [6, 6.07) is 12.1. The van der Waals surface area contributed by atoms with Crippen LogP contribution in [0, 0.1) is 11.3 Å². The second-order valence-electron chi connectivity index (χ2n) is 6.52. The molecule has 0 aromatic heterocycles. The van der Waals surface area contributed by atoms with Crippen molar-refractivity contribution in [3.8, 4) is 5.75 Å². The third kappa shape index (κ3) is 2.08. The van der Waals surface area contributed by atoms with Crippen molar-refractivity contribution in [2.24, 2.45) is 11.3 Å². The van der Waals surface area contributed by atoms with Gasteiger partial charge in [0.15, 0.2) is 0 Å². The van der Waals surface area contributed by atoms with Crippen LogP contribution in [0.3, 0.4) is 0 Å². The van der Waals surface area contributed by atoms with Crippen molar-refractivity contribution < 1.29 is 5.11 Å². The molecule has 0 atom stereocenters. The summed E-state index contributed by atoms with van der Waals surface area (Å²) in [5, 5.41) is 16.1. The average Bonchev–Trinajstić information content (AvgIpc) is 3.34. The van der Waals surface area contributed by atoms with Gasteiger partial charge in [-0.05, 0) is 53.9 Å². The standard InChI is InChI=1S/C18H21NO/c20-17-8-5-13-3-1-2-4-15(13)16(17)11-19-12-18(9-10-18)14-6-7-14/h1-5,8,14,19-20H,6-7,9-12H2. The smallest absolute Gasteiger partial charge is 0.120 e. The maximum absolute atomic E-state index is 10.1. The molecule has 0 amide bonds. The van der Waals surface area contributed by atoms with E-state index in [0.29, 0.717) is 11.2 Å². The van der Waals surface area contributed by atoms with Gasteiger partial charge in [-0.15, -0.1) is 0 Å². The van der Waals surface area contributed by atoms with Crippen LogP contribution in [-0.2, 0) is 6.54 Å². The topological polar surface area (TPSA) is 32.3 Å². The quantitative estimate of drug-likeness (QED) is 0.863. The lowest BCUT2D eigenvalue weighted by Gasteiger charge is -2.16. The molecule has 0 aliphatic heterocycles. The molecular weight excluding hydrogens is 246 g/mol. The first kappa shape index (κ1) is 12.2. The summed E-state index contributed by atoms with van der Waals surface area (Å²) < 4.78 is 0. The zero-order valence-electron chi connectivity index (χ0n) is 11.7. The van der Waals surface area contributed by atoms with Crippen molar-refractivity contribution in [3.63, 3.8) is 0 Å². The van der Waals surface area contributed by atoms with E-state index in [4.69, 9.17) is 0 Å². The molecule has 20 heavy (non-hydrogen) atoms. The second kappa shape index (κ2) is 4.49. The predicted molar refractivity (Wildman–Crippen MR) is 81.7 cm³/mol. The Morgan fingerprint density at radius 1 is 1.10 bits per heavy atom. The first-order valence-corrected chi connectivity index (χ1v) is 7.69. The molecule has 104 valence electrons. The van der Waals surface area contributed by atoms with E-state index in [0.717, 1.165) is 30.0 Å². The van der Waals surface area contributed by atoms with E-state index in [1.54, 1.807) is 0 Å². The molecule has 0 saturated heterocycles. The Bertz CT molecular complexity index is 641. The molecule has 0 radical (unpaired) electrons. The maximum atomic E-state index is 10.1. The summed E-state index contributed by atoms with van der Waals surface area (Å²) >= 11 is 0. The minimum Gasteiger partial charge on any atom is -0.508 e. The van der Waals surface area contributed by atoms with E-state index in [1.807, 2.05) is 24.3 Å². The highest BCUT2D eigenvalue weighted by Gasteiger charge is 2.53. The Hall–Kier alpha value is -1.54. The van der Waals surface area contributed by atoms with E-state index >= 15 is 0 Å². The van der Waals surface area contributed by atoms with Crippen molar-refractivity contribution in [2.45, 2.75) is 32.2 Å². The van der Waals surface area contributed by atoms with Crippen LogP contribution in [0.25, 0.3) is 10.8 Å². The average molecular weight is 267 g/mol. The molecule has 2 aliphatic carbocycles. The number of nitrogens with one attached hydrogen (secondary N) is 1. The normalized spacial score (nSPS) is 20.2. The van der Waals surface area contributed by atoms with E-state index in [1.165, 1.54) is 31.1 Å². The minimum atomic E-state index is 0.410. The number of aromatic hydroxyl groups is 1. The molecule has 2 saturated carbocycles.